The number of pyridine rings is 1. The molecule has 1 heterocycles. The third-order valence-electron chi connectivity index (χ3n) is 5.55. The van der Waals surface area contributed by atoms with Gasteiger partial charge in [0.05, 0.1) is 12.6 Å². The maximum Gasteiger partial charge on any atom is 0.254 e. The van der Waals surface area contributed by atoms with Crippen molar-refractivity contribution in [3.63, 3.8) is 0 Å². The van der Waals surface area contributed by atoms with E-state index in [0.29, 0.717) is 23.8 Å². The van der Waals surface area contributed by atoms with Gasteiger partial charge in [0.2, 0.25) is 0 Å². The summed E-state index contributed by atoms with van der Waals surface area (Å²) in [7, 11) is 1.64. The van der Waals surface area contributed by atoms with Gasteiger partial charge in [0.25, 0.3) is 5.91 Å². The predicted octanol–water partition coefficient (Wildman–Crippen LogP) is 6.36. The highest BCUT2D eigenvalue weighted by molar-refractivity contribution is 6.30. The first-order valence-electron chi connectivity index (χ1n) is 10.5. The molecule has 0 saturated carbocycles. The minimum Gasteiger partial charge on any atom is -0.497 e. The molecule has 0 atom stereocenters. The van der Waals surface area contributed by atoms with Gasteiger partial charge in [-0.3, -0.25) is 4.79 Å². The van der Waals surface area contributed by atoms with Gasteiger partial charge < -0.3 is 9.64 Å². The van der Waals surface area contributed by atoms with Gasteiger partial charge in [0, 0.05) is 29.6 Å². The lowest BCUT2D eigenvalue weighted by atomic mass is 10.1. The molecule has 32 heavy (non-hydrogen) atoms. The molecule has 0 N–H and O–H groups in total. The lowest BCUT2D eigenvalue weighted by Gasteiger charge is -2.24. The van der Waals surface area contributed by atoms with Gasteiger partial charge in [0.1, 0.15) is 10.9 Å². The van der Waals surface area contributed by atoms with Crippen molar-refractivity contribution in [2.75, 3.05) is 7.11 Å². The number of amides is 1. The van der Waals surface area contributed by atoms with Gasteiger partial charge in [-0.25, -0.2) is 4.98 Å². The fourth-order valence-corrected chi connectivity index (χ4v) is 3.91. The van der Waals surface area contributed by atoms with Crippen molar-refractivity contribution in [3.05, 3.63) is 106 Å². The van der Waals surface area contributed by atoms with Crippen LogP contribution in [0.15, 0.2) is 72.8 Å². The van der Waals surface area contributed by atoms with E-state index < -0.39 is 0 Å². The molecule has 4 aromatic rings. The molecule has 4 nitrogen and oxygen atoms in total. The Morgan fingerprint density at radius 2 is 1.69 bits per heavy atom. The summed E-state index contributed by atoms with van der Waals surface area (Å²) in [5, 5.41) is 1.43. The second kappa shape index (κ2) is 9.41. The van der Waals surface area contributed by atoms with Crippen LogP contribution in [0, 0.1) is 13.8 Å². The average molecular weight is 445 g/mol. The van der Waals surface area contributed by atoms with Gasteiger partial charge >= 0.3 is 0 Å². The number of carbonyl (C=O) groups excluding carboxylic acids is 1. The Morgan fingerprint density at radius 1 is 0.969 bits per heavy atom. The lowest BCUT2D eigenvalue weighted by molar-refractivity contribution is 0.0730. The molecular weight excluding hydrogens is 420 g/mol. The van der Waals surface area contributed by atoms with E-state index in [2.05, 4.69) is 4.98 Å². The normalized spacial score (nSPS) is 10.9. The molecule has 0 spiro atoms. The number of fused-ring (bicyclic) bond motifs is 1. The first kappa shape index (κ1) is 21.8. The number of nitrogens with zero attached hydrogens (tertiary/aromatic N) is 2. The Bertz CT molecular complexity index is 1250. The maximum absolute atomic E-state index is 13.5. The van der Waals surface area contributed by atoms with E-state index in [1.807, 2.05) is 86.6 Å². The first-order chi connectivity index (χ1) is 15.4. The molecule has 0 aliphatic carbocycles. The SMILES string of the molecule is COc1ccc(CN(Cc2cc3cccc(C)c3nc2Cl)C(=O)c2ccc(C)cc2)cc1. The number of methoxy groups -OCH3 is 1. The highest BCUT2D eigenvalue weighted by atomic mass is 35.5. The van der Waals surface area contributed by atoms with Crippen molar-refractivity contribution >= 4 is 28.4 Å². The quantitative estimate of drug-likeness (QED) is 0.325. The highest BCUT2D eigenvalue weighted by Crippen LogP contribution is 2.25. The predicted molar refractivity (Wildman–Crippen MR) is 129 cm³/mol. The number of carbonyl (C=O) groups is 1. The summed E-state index contributed by atoms with van der Waals surface area (Å²) in [6.45, 7) is 4.82. The molecule has 162 valence electrons. The van der Waals surface area contributed by atoms with Crippen LogP contribution in [0.5, 0.6) is 5.75 Å². The van der Waals surface area contributed by atoms with Crippen LogP contribution >= 0.6 is 11.6 Å². The summed E-state index contributed by atoms with van der Waals surface area (Å²) in [6.07, 6.45) is 0. The largest absolute Gasteiger partial charge is 0.497 e. The third kappa shape index (κ3) is 4.76. The van der Waals surface area contributed by atoms with Crippen molar-refractivity contribution < 1.29 is 9.53 Å². The summed E-state index contributed by atoms with van der Waals surface area (Å²) in [5.41, 5.74) is 5.53. The zero-order chi connectivity index (χ0) is 22.7. The van der Waals surface area contributed by atoms with Gasteiger partial charge in [-0.15, -0.1) is 0 Å². The average Bonchev–Trinajstić information content (AvgIpc) is 2.80. The zero-order valence-electron chi connectivity index (χ0n) is 18.4. The van der Waals surface area contributed by atoms with Gasteiger partial charge in [-0.2, -0.15) is 0 Å². The molecule has 0 fully saturated rings. The van der Waals surface area contributed by atoms with E-state index >= 15 is 0 Å². The van der Waals surface area contributed by atoms with Crippen LogP contribution in [0.1, 0.15) is 32.6 Å². The molecule has 4 rings (SSSR count). The van der Waals surface area contributed by atoms with Crippen LogP contribution in [0.2, 0.25) is 5.15 Å². The number of ether oxygens (including phenoxy) is 1. The summed E-state index contributed by atoms with van der Waals surface area (Å²) >= 11 is 6.57. The van der Waals surface area contributed by atoms with Crippen LogP contribution in [-0.2, 0) is 13.1 Å². The Labute approximate surface area is 193 Å². The summed E-state index contributed by atoms with van der Waals surface area (Å²) in [4.78, 5) is 19.9. The number of rotatable bonds is 6. The molecule has 1 aromatic heterocycles. The maximum atomic E-state index is 13.5. The number of hydrogen-bond acceptors (Lipinski definition) is 3. The highest BCUT2D eigenvalue weighted by Gasteiger charge is 2.19. The number of halogens is 1. The standard InChI is InChI=1S/C27H25ClN2O2/c1-18-7-11-21(12-8-18)27(31)30(16-20-9-13-24(32-3)14-10-20)17-23-15-22-6-4-5-19(2)25(22)29-26(23)28/h4-15H,16-17H2,1-3H3. The van der Waals surface area contributed by atoms with Crippen molar-refractivity contribution in [1.29, 1.82) is 0 Å². The van der Waals surface area contributed by atoms with Gasteiger partial charge in [0.15, 0.2) is 0 Å². The zero-order valence-corrected chi connectivity index (χ0v) is 19.2. The van der Waals surface area contributed by atoms with E-state index in [-0.39, 0.29) is 5.91 Å². The minimum atomic E-state index is -0.0544. The lowest BCUT2D eigenvalue weighted by Crippen LogP contribution is -2.30. The molecule has 0 unspecified atom stereocenters. The topological polar surface area (TPSA) is 42.4 Å². The monoisotopic (exact) mass is 444 g/mol. The first-order valence-corrected chi connectivity index (χ1v) is 10.9. The second-order valence-corrected chi connectivity index (χ2v) is 8.32. The van der Waals surface area contributed by atoms with Crippen molar-refractivity contribution in [2.45, 2.75) is 26.9 Å². The van der Waals surface area contributed by atoms with Gasteiger partial charge in [-0.1, -0.05) is 59.6 Å². The van der Waals surface area contributed by atoms with E-state index in [1.54, 1.807) is 12.0 Å². The van der Waals surface area contributed by atoms with Crippen molar-refractivity contribution in [3.8, 4) is 5.75 Å². The summed E-state index contributed by atoms with van der Waals surface area (Å²) in [5.74, 6) is 0.725. The number of aryl methyl sites for hydroxylation is 2. The molecule has 3 aromatic carbocycles. The van der Waals surface area contributed by atoms with E-state index in [1.165, 1.54) is 0 Å². The smallest absolute Gasteiger partial charge is 0.254 e. The number of aromatic nitrogens is 1. The fraction of sp³-hybridized carbons (Fsp3) is 0.185. The summed E-state index contributed by atoms with van der Waals surface area (Å²) < 4.78 is 5.26. The molecule has 1 amide bonds. The molecule has 0 aliphatic heterocycles. The van der Waals surface area contributed by atoms with Crippen LogP contribution in [0.25, 0.3) is 10.9 Å². The molecule has 0 bridgehead atoms. The molecular formula is C27H25ClN2O2. The van der Waals surface area contributed by atoms with E-state index in [0.717, 1.165) is 38.9 Å². The third-order valence-corrected chi connectivity index (χ3v) is 5.88. The fourth-order valence-electron chi connectivity index (χ4n) is 3.71. The minimum absolute atomic E-state index is 0.0544. The Morgan fingerprint density at radius 3 is 2.38 bits per heavy atom. The van der Waals surface area contributed by atoms with Crippen LogP contribution in [0.4, 0.5) is 0 Å². The Hall–Kier alpha value is -3.37. The van der Waals surface area contributed by atoms with Crippen LogP contribution < -0.4 is 4.74 Å². The summed E-state index contributed by atoms with van der Waals surface area (Å²) in [6, 6.07) is 23.4. The second-order valence-electron chi connectivity index (χ2n) is 7.96. The Kier molecular flexibility index (Phi) is 6.42. The van der Waals surface area contributed by atoms with Crippen molar-refractivity contribution in [1.82, 2.24) is 9.88 Å². The van der Waals surface area contributed by atoms with Gasteiger partial charge in [-0.05, 0) is 55.3 Å². The van der Waals surface area contributed by atoms with E-state index in [9.17, 15) is 4.79 Å². The van der Waals surface area contributed by atoms with E-state index in [4.69, 9.17) is 16.3 Å². The molecule has 5 heteroatoms. The number of benzene rings is 3. The number of para-hydroxylation sites is 1. The molecule has 0 radical (unpaired) electrons. The van der Waals surface area contributed by atoms with Crippen LogP contribution in [0.3, 0.4) is 0 Å². The number of hydrogen-bond donors (Lipinski definition) is 0. The molecule has 0 saturated heterocycles. The molecule has 0 aliphatic rings. The van der Waals surface area contributed by atoms with Crippen molar-refractivity contribution in [2.24, 2.45) is 0 Å². The Balaban J connectivity index is 1.69. The van der Waals surface area contributed by atoms with Crippen LogP contribution in [-0.4, -0.2) is 22.9 Å².